The van der Waals surface area contributed by atoms with Gasteiger partial charge < -0.3 is 30.4 Å². The molecule has 2 aromatic rings. The zero-order chi connectivity index (χ0) is 19.8. The Labute approximate surface area is 160 Å². The molecule has 0 spiro atoms. The molecule has 0 aromatic heterocycles. The molecule has 2 aromatic carbocycles. The van der Waals surface area contributed by atoms with E-state index in [1.807, 2.05) is 24.3 Å². The first kappa shape index (κ1) is 20.3. The summed E-state index contributed by atoms with van der Waals surface area (Å²) in [4.78, 5) is 0. The van der Waals surface area contributed by atoms with Crippen molar-refractivity contribution < 1.29 is 18.9 Å². The molecule has 6 heteroatoms. The normalized spacial score (nSPS) is 11.6. The van der Waals surface area contributed by atoms with Gasteiger partial charge in [0.1, 0.15) is 0 Å². The number of rotatable bonds is 9. The van der Waals surface area contributed by atoms with E-state index in [9.17, 15) is 0 Å². The first-order chi connectivity index (χ1) is 13.0. The van der Waals surface area contributed by atoms with Gasteiger partial charge in [0.15, 0.2) is 23.0 Å². The number of hydrogen-bond donors (Lipinski definition) is 2. The second-order valence-corrected chi connectivity index (χ2v) is 5.96. The Morgan fingerprint density at radius 3 is 1.70 bits per heavy atom. The lowest BCUT2D eigenvalue weighted by Crippen LogP contribution is -2.09. The summed E-state index contributed by atoms with van der Waals surface area (Å²) >= 11 is 0. The molecule has 0 amide bonds. The summed E-state index contributed by atoms with van der Waals surface area (Å²) in [5, 5.41) is 0. The predicted molar refractivity (Wildman–Crippen MR) is 108 cm³/mol. The predicted octanol–water partition coefficient (Wildman–Crippen LogP) is 3.63. The minimum atomic E-state index is 0.442. The highest BCUT2D eigenvalue weighted by atomic mass is 16.5. The zero-order valence-corrected chi connectivity index (χ0v) is 16.4. The Hall–Kier alpha value is -3.02. The van der Waals surface area contributed by atoms with Crippen molar-refractivity contribution in [3.05, 3.63) is 47.5 Å². The van der Waals surface area contributed by atoms with Gasteiger partial charge in [-0.15, -0.1) is 0 Å². The van der Waals surface area contributed by atoms with Crippen molar-refractivity contribution in [2.45, 2.75) is 19.8 Å². The fraction of sp³-hybridized carbons (Fsp3) is 0.333. The number of benzene rings is 2. The minimum Gasteiger partial charge on any atom is -0.493 e. The third-order valence-electron chi connectivity index (χ3n) is 4.21. The van der Waals surface area contributed by atoms with Gasteiger partial charge in [-0.05, 0) is 42.8 Å². The molecule has 0 unspecified atom stereocenters. The molecule has 0 bridgehead atoms. The summed E-state index contributed by atoms with van der Waals surface area (Å²) in [6, 6.07) is 11.0. The lowest BCUT2D eigenvalue weighted by Gasteiger charge is -2.14. The van der Waals surface area contributed by atoms with Crippen LogP contribution in [-0.4, -0.2) is 27.9 Å². The van der Waals surface area contributed by atoms with Gasteiger partial charge in [-0.1, -0.05) is 13.3 Å². The standard InChI is InChI=1S/C21H28N2O4/c1-5-6-11-27-17-10-8-15(13-19(17)26-4)21(23)20(22)14-7-9-16(24-2)18(12-14)25-3/h7-10,12-13H,5-6,11,22-23H2,1-4H3/b21-20+. The molecule has 0 aliphatic heterocycles. The van der Waals surface area contributed by atoms with E-state index >= 15 is 0 Å². The molecule has 6 nitrogen and oxygen atoms in total. The summed E-state index contributed by atoms with van der Waals surface area (Å²) < 4.78 is 21.8. The van der Waals surface area contributed by atoms with E-state index in [1.165, 1.54) is 0 Å². The Bertz CT molecular complexity index is 803. The van der Waals surface area contributed by atoms with Gasteiger partial charge in [0.2, 0.25) is 0 Å². The molecule has 4 N–H and O–H groups in total. The van der Waals surface area contributed by atoms with Gasteiger partial charge in [-0.3, -0.25) is 0 Å². The molecule has 0 radical (unpaired) electrons. The van der Waals surface area contributed by atoms with E-state index in [2.05, 4.69) is 6.92 Å². The summed E-state index contributed by atoms with van der Waals surface area (Å²) in [7, 11) is 4.76. The van der Waals surface area contributed by atoms with Crippen LogP contribution in [0.4, 0.5) is 0 Å². The van der Waals surface area contributed by atoms with Crippen LogP contribution in [0.1, 0.15) is 30.9 Å². The number of unbranched alkanes of at least 4 members (excludes halogenated alkanes) is 1. The number of nitrogens with two attached hydrogens (primary N) is 2. The first-order valence-electron chi connectivity index (χ1n) is 8.84. The third-order valence-corrected chi connectivity index (χ3v) is 4.21. The topological polar surface area (TPSA) is 89.0 Å². The van der Waals surface area contributed by atoms with Crippen molar-refractivity contribution in [1.29, 1.82) is 0 Å². The molecule has 0 aliphatic rings. The van der Waals surface area contributed by atoms with Crippen LogP contribution in [0.3, 0.4) is 0 Å². The molecule has 0 heterocycles. The molecule has 0 saturated heterocycles. The van der Waals surface area contributed by atoms with E-state index in [1.54, 1.807) is 33.5 Å². The molecule has 146 valence electrons. The van der Waals surface area contributed by atoms with Gasteiger partial charge in [0.25, 0.3) is 0 Å². The highest BCUT2D eigenvalue weighted by Crippen LogP contribution is 2.33. The fourth-order valence-corrected chi connectivity index (χ4v) is 2.60. The van der Waals surface area contributed by atoms with Crippen LogP contribution < -0.4 is 30.4 Å². The Morgan fingerprint density at radius 2 is 1.22 bits per heavy atom. The summed E-state index contributed by atoms with van der Waals surface area (Å²) in [5.41, 5.74) is 15.0. The van der Waals surface area contributed by atoms with Crippen molar-refractivity contribution >= 4 is 11.4 Å². The van der Waals surface area contributed by atoms with Crippen LogP contribution in [0.5, 0.6) is 23.0 Å². The van der Waals surface area contributed by atoms with E-state index < -0.39 is 0 Å². The van der Waals surface area contributed by atoms with Crippen LogP contribution >= 0.6 is 0 Å². The number of hydrogen-bond acceptors (Lipinski definition) is 6. The van der Waals surface area contributed by atoms with Gasteiger partial charge in [0, 0.05) is 11.1 Å². The Morgan fingerprint density at radius 1 is 0.741 bits per heavy atom. The summed E-state index contributed by atoms with van der Waals surface area (Å²) in [5.74, 6) is 2.52. The van der Waals surface area contributed by atoms with E-state index in [0.717, 1.165) is 24.0 Å². The molecule has 0 aliphatic carbocycles. The molecular formula is C21H28N2O4. The van der Waals surface area contributed by atoms with Crippen molar-refractivity contribution in [1.82, 2.24) is 0 Å². The Balaban J connectivity index is 2.35. The minimum absolute atomic E-state index is 0.442. The largest absolute Gasteiger partial charge is 0.493 e. The molecule has 0 fully saturated rings. The maximum Gasteiger partial charge on any atom is 0.161 e. The number of ether oxygens (including phenoxy) is 4. The quantitative estimate of drug-likeness (QED) is 0.516. The lowest BCUT2D eigenvalue weighted by atomic mass is 10.0. The zero-order valence-electron chi connectivity index (χ0n) is 16.4. The average molecular weight is 372 g/mol. The van der Waals surface area contributed by atoms with Gasteiger partial charge in [-0.25, -0.2) is 0 Å². The monoisotopic (exact) mass is 372 g/mol. The summed E-state index contributed by atoms with van der Waals surface area (Å²) in [6.07, 6.45) is 2.05. The first-order valence-corrected chi connectivity index (χ1v) is 8.84. The van der Waals surface area contributed by atoms with Crippen molar-refractivity contribution in [3.63, 3.8) is 0 Å². The molecule has 0 atom stereocenters. The Kier molecular flexibility index (Phi) is 7.23. The number of methoxy groups -OCH3 is 3. The van der Waals surface area contributed by atoms with Crippen LogP contribution in [0.2, 0.25) is 0 Å². The maximum atomic E-state index is 6.31. The lowest BCUT2D eigenvalue weighted by molar-refractivity contribution is 0.288. The van der Waals surface area contributed by atoms with Crippen LogP contribution in [0, 0.1) is 0 Å². The van der Waals surface area contributed by atoms with Gasteiger partial charge in [-0.2, -0.15) is 0 Å². The van der Waals surface area contributed by atoms with Crippen LogP contribution in [0.25, 0.3) is 11.4 Å². The molecule has 2 rings (SSSR count). The molecular weight excluding hydrogens is 344 g/mol. The van der Waals surface area contributed by atoms with E-state index in [-0.39, 0.29) is 0 Å². The van der Waals surface area contributed by atoms with Crippen molar-refractivity contribution in [2.24, 2.45) is 11.5 Å². The van der Waals surface area contributed by atoms with Crippen LogP contribution in [-0.2, 0) is 0 Å². The van der Waals surface area contributed by atoms with E-state index in [4.69, 9.17) is 30.4 Å². The molecule has 27 heavy (non-hydrogen) atoms. The SMILES string of the molecule is CCCCOc1ccc(/C(N)=C(\N)c2ccc(OC)c(OC)c2)cc1OC. The second-order valence-electron chi connectivity index (χ2n) is 5.96. The van der Waals surface area contributed by atoms with Gasteiger partial charge in [0.05, 0.1) is 39.3 Å². The van der Waals surface area contributed by atoms with Gasteiger partial charge >= 0.3 is 0 Å². The highest BCUT2D eigenvalue weighted by molar-refractivity contribution is 5.88. The second kappa shape index (κ2) is 9.62. The van der Waals surface area contributed by atoms with E-state index in [0.29, 0.717) is 41.0 Å². The van der Waals surface area contributed by atoms with Crippen molar-refractivity contribution in [3.8, 4) is 23.0 Å². The maximum absolute atomic E-state index is 6.31. The smallest absolute Gasteiger partial charge is 0.161 e. The van der Waals surface area contributed by atoms with Crippen LogP contribution in [0.15, 0.2) is 36.4 Å². The average Bonchev–Trinajstić information content (AvgIpc) is 2.72. The van der Waals surface area contributed by atoms with Crippen molar-refractivity contribution in [2.75, 3.05) is 27.9 Å². The molecule has 0 saturated carbocycles. The third kappa shape index (κ3) is 4.78. The fourth-order valence-electron chi connectivity index (χ4n) is 2.60. The highest BCUT2D eigenvalue weighted by Gasteiger charge is 2.12. The summed E-state index contributed by atoms with van der Waals surface area (Å²) in [6.45, 7) is 2.76.